The summed E-state index contributed by atoms with van der Waals surface area (Å²) in [6.07, 6.45) is 4.53. The number of rotatable bonds is 5. The Hall–Kier alpha value is -4.37. The topological polar surface area (TPSA) is 38.9 Å². The van der Waals surface area contributed by atoms with E-state index in [0.717, 1.165) is 23.6 Å². The van der Waals surface area contributed by atoms with E-state index in [2.05, 4.69) is 22.1 Å². The van der Waals surface area contributed by atoms with Gasteiger partial charge in [0, 0.05) is 54.3 Å². The van der Waals surface area contributed by atoms with Crippen LogP contribution >= 0.6 is 0 Å². The number of aromatic nitrogens is 2. The summed E-state index contributed by atoms with van der Waals surface area (Å²) >= 11 is 0. The largest absolute Gasteiger partial charge is 0.501 e. The molecule has 8 rings (SSSR count). The monoisotopic (exact) mass is 859 g/mol. The summed E-state index contributed by atoms with van der Waals surface area (Å²) in [5.41, 5.74) is 5.02. The standard InChI is InChI=1S/C30H26NO.C17H20N.Ir/c1-19-16-22(21-8-3-4-9-21)14-15-23(19)27-17-28(31-18-20(27)2)26-12-7-11-25-24-10-5-6-13-29(24)32-30(25)26;1-13-5-8-15(9-6-13)16-10-7-14(12-18-16)11-17(2,3)4;/h5-7,10-11,13-18,21H,3-4,8-9H2,1-2H3;5-8,10,12H,11H2,1-4H3;/q2*-1;/i1D3,2D3,21D;1D3,11D2;. The van der Waals surface area contributed by atoms with E-state index in [1.165, 1.54) is 18.5 Å². The van der Waals surface area contributed by atoms with Crippen LogP contribution in [-0.2, 0) is 26.5 Å². The fourth-order valence-electron chi connectivity index (χ4n) is 6.43. The molecule has 0 unspecified atom stereocenters. The number of hydrogen-bond donors (Lipinski definition) is 0. The number of benzene rings is 4. The molecule has 51 heavy (non-hydrogen) atoms. The second-order valence-corrected chi connectivity index (χ2v) is 13.7. The minimum Gasteiger partial charge on any atom is -0.501 e. The van der Waals surface area contributed by atoms with Crippen LogP contribution in [0.1, 0.15) is 96.6 Å². The predicted molar refractivity (Wildman–Crippen MR) is 208 cm³/mol. The van der Waals surface area contributed by atoms with Gasteiger partial charge in [-0.15, -0.1) is 53.6 Å². The predicted octanol–water partition coefficient (Wildman–Crippen LogP) is 12.8. The number of nitrogens with zero attached hydrogens (tertiary/aromatic N) is 2. The van der Waals surface area contributed by atoms with Crippen LogP contribution in [0, 0.1) is 38.1 Å². The summed E-state index contributed by atoms with van der Waals surface area (Å²) in [6.45, 7) is -1.63. The Morgan fingerprint density at radius 2 is 1.65 bits per heavy atom. The van der Waals surface area contributed by atoms with Crippen LogP contribution in [0.25, 0.3) is 55.6 Å². The van der Waals surface area contributed by atoms with Crippen LogP contribution in [0.4, 0.5) is 0 Å². The molecule has 4 aromatic carbocycles. The van der Waals surface area contributed by atoms with Gasteiger partial charge in [-0.2, -0.15) is 0 Å². The van der Waals surface area contributed by atoms with Crippen LogP contribution in [0.5, 0.6) is 0 Å². The van der Waals surface area contributed by atoms with Crippen molar-refractivity contribution in [1.82, 2.24) is 9.97 Å². The summed E-state index contributed by atoms with van der Waals surface area (Å²) in [7, 11) is 0. The zero-order valence-corrected chi connectivity index (χ0v) is 31.2. The summed E-state index contributed by atoms with van der Waals surface area (Å²) in [5, 5.41) is 1.83. The van der Waals surface area contributed by atoms with E-state index in [1.807, 2.05) is 51.1 Å². The molecule has 261 valence electrons. The van der Waals surface area contributed by atoms with E-state index in [1.54, 1.807) is 54.6 Å². The molecule has 3 aromatic heterocycles. The van der Waals surface area contributed by atoms with Crippen LogP contribution in [-0.4, -0.2) is 9.97 Å². The Morgan fingerprint density at radius 3 is 2.37 bits per heavy atom. The molecular formula is C47H46IrN2O-2. The first-order valence-electron chi connectivity index (χ1n) is 22.9. The van der Waals surface area contributed by atoms with Gasteiger partial charge in [0.2, 0.25) is 0 Å². The van der Waals surface area contributed by atoms with Crippen molar-refractivity contribution in [2.24, 2.45) is 5.41 Å². The number of aryl methyl sites for hydroxylation is 3. The molecule has 1 fully saturated rings. The molecular weight excluding hydrogens is 801 g/mol. The molecule has 0 N–H and O–H groups in total. The normalized spacial score (nSPS) is 18.3. The first-order valence-corrected chi connectivity index (χ1v) is 16.9. The second kappa shape index (κ2) is 15.5. The summed E-state index contributed by atoms with van der Waals surface area (Å²) in [4.78, 5) is 8.79. The number of para-hydroxylation sites is 1. The smallest absolute Gasteiger partial charge is 0.120 e. The van der Waals surface area contributed by atoms with Crippen molar-refractivity contribution in [3.05, 3.63) is 143 Å². The quantitative estimate of drug-likeness (QED) is 0.162. The fraction of sp³-hybridized carbons (Fsp3) is 0.277. The number of fused-ring (bicyclic) bond motifs is 3. The molecule has 1 saturated carbocycles. The van der Waals surface area contributed by atoms with Gasteiger partial charge in [-0.05, 0) is 95.1 Å². The maximum absolute atomic E-state index is 8.91. The van der Waals surface area contributed by atoms with E-state index in [-0.39, 0.29) is 42.4 Å². The molecule has 7 aromatic rings. The molecule has 3 nitrogen and oxygen atoms in total. The molecule has 0 amide bonds. The van der Waals surface area contributed by atoms with Gasteiger partial charge in [-0.1, -0.05) is 106 Å². The van der Waals surface area contributed by atoms with Crippen LogP contribution in [0.15, 0.2) is 108 Å². The fourth-order valence-corrected chi connectivity index (χ4v) is 6.43. The molecule has 0 atom stereocenters. The Morgan fingerprint density at radius 1 is 0.824 bits per heavy atom. The molecule has 3 heterocycles. The third-order valence-electron chi connectivity index (χ3n) is 8.80. The summed E-state index contributed by atoms with van der Waals surface area (Å²) in [5.74, 6) is -0.833. The number of pyridine rings is 2. The Kier molecular flexibility index (Phi) is 7.28. The Labute approximate surface area is 333 Å². The molecule has 1 aliphatic carbocycles. The number of hydrogen-bond acceptors (Lipinski definition) is 3. The van der Waals surface area contributed by atoms with E-state index >= 15 is 0 Å². The Balaban J connectivity index is 0.000000236. The molecule has 1 radical (unpaired) electrons. The van der Waals surface area contributed by atoms with Gasteiger partial charge in [0.1, 0.15) is 5.58 Å². The van der Waals surface area contributed by atoms with E-state index in [4.69, 9.17) is 20.9 Å². The minimum absolute atomic E-state index is 0. The maximum atomic E-state index is 8.91. The van der Waals surface area contributed by atoms with Crippen molar-refractivity contribution in [2.45, 2.75) is 79.3 Å². The average molecular weight is 859 g/mol. The SMILES string of the molecule is [2H]C([2H])([2H])c1c[c-]c(-c2ccc(C([2H])([2H])C(C)(C)C)cn2)cc1.[2H]C([2H])([2H])c1cnc(-c2[c-]ccc3c2oc2ccccc23)cc1-c1ccc(C2([2H])CCCC2)cc1C([2H])([2H])[2H].[Ir]. The molecule has 0 aliphatic heterocycles. The van der Waals surface area contributed by atoms with Gasteiger partial charge in [0.05, 0.1) is 5.58 Å². The third-order valence-corrected chi connectivity index (χ3v) is 8.80. The van der Waals surface area contributed by atoms with Gasteiger partial charge in [-0.3, -0.25) is 0 Å². The molecule has 1 aliphatic rings. The molecule has 0 spiro atoms. The average Bonchev–Trinajstić information content (AvgIpc) is 3.84. The van der Waals surface area contributed by atoms with Crippen LogP contribution in [0.3, 0.4) is 0 Å². The van der Waals surface area contributed by atoms with Crippen molar-refractivity contribution in [3.8, 4) is 33.6 Å². The number of furan rings is 1. The van der Waals surface area contributed by atoms with Crippen LogP contribution in [0.2, 0.25) is 0 Å². The summed E-state index contributed by atoms with van der Waals surface area (Å²) in [6, 6.07) is 32.2. The zero-order chi connectivity index (χ0) is 45.0. The van der Waals surface area contributed by atoms with E-state index in [9.17, 15) is 0 Å². The first kappa shape index (κ1) is 24.0. The minimum atomic E-state index is -2.53. The zero-order valence-electron chi connectivity index (χ0n) is 40.8. The molecule has 0 bridgehead atoms. The van der Waals surface area contributed by atoms with Crippen molar-refractivity contribution >= 4 is 21.9 Å². The van der Waals surface area contributed by atoms with Gasteiger partial charge in [0.25, 0.3) is 0 Å². The first-order chi connectivity index (χ1) is 28.9. The van der Waals surface area contributed by atoms with E-state index < -0.39 is 38.2 Å². The van der Waals surface area contributed by atoms with Crippen molar-refractivity contribution in [3.63, 3.8) is 0 Å². The Bertz CT molecular complexity index is 2730. The van der Waals surface area contributed by atoms with E-state index in [0.29, 0.717) is 63.2 Å². The molecule has 4 heteroatoms. The second-order valence-electron chi connectivity index (χ2n) is 13.7. The van der Waals surface area contributed by atoms with Crippen molar-refractivity contribution in [2.75, 3.05) is 0 Å². The van der Waals surface area contributed by atoms with Crippen molar-refractivity contribution in [1.29, 1.82) is 0 Å². The van der Waals surface area contributed by atoms with Gasteiger partial charge in [0.15, 0.2) is 0 Å². The van der Waals surface area contributed by atoms with Gasteiger partial charge >= 0.3 is 0 Å². The van der Waals surface area contributed by atoms with Gasteiger partial charge in [-0.25, -0.2) is 0 Å². The van der Waals surface area contributed by atoms with Crippen LogP contribution < -0.4 is 0 Å². The maximum Gasteiger partial charge on any atom is 0.120 e. The van der Waals surface area contributed by atoms with Gasteiger partial charge < -0.3 is 14.4 Å². The molecule has 0 saturated heterocycles. The van der Waals surface area contributed by atoms with Crippen molar-refractivity contribution < 1.29 is 41.0 Å². The summed E-state index contributed by atoms with van der Waals surface area (Å²) < 4.78 is 103. The third kappa shape index (κ3) is 8.25.